The van der Waals surface area contributed by atoms with Gasteiger partial charge in [0.2, 0.25) is 0 Å². The lowest BCUT2D eigenvalue weighted by Gasteiger charge is -2.21. The molecule has 0 aliphatic rings. The highest BCUT2D eigenvalue weighted by molar-refractivity contribution is 6.36. The normalized spacial score (nSPS) is 12.3. The molecule has 18 heavy (non-hydrogen) atoms. The summed E-state index contributed by atoms with van der Waals surface area (Å²) in [5.74, 6) is 0.541. The first-order chi connectivity index (χ1) is 8.34. The quantitative estimate of drug-likeness (QED) is 0.943. The number of pyridine rings is 1. The van der Waals surface area contributed by atoms with Crippen molar-refractivity contribution in [3.05, 3.63) is 28.0 Å². The Balaban J connectivity index is 2.54. The van der Waals surface area contributed by atoms with Crippen LogP contribution in [0.3, 0.4) is 0 Å². The van der Waals surface area contributed by atoms with E-state index < -0.39 is 0 Å². The van der Waals surface area contributed by atoms with E-state index >= 15 is 0 Å². The number of ether oxygens (including phenoxy) is 1. The van der Waals surface area contributed by atoms with E-state index in [9.17, 15) is 0 Å². The van der Waals surface area contributed by atoms with Gasteiger partial charge < -0.3 is 10.5 Å². The maximum atomic E-state index is 6.10. The number of aromatic nitrogens is 2. The second-order valence-corrected chi connectivity index (χ2v) is 5.63. The molecule has 6 heteroatoms. The predicted molar refractivity (Wildman–Crippen MR) is 74.4 cm³/mol. The number of nitrogens with zero attached hydrogens (tertiary/aromatic N) is 2. The van der Waals surface area contributed by atoms with E-state index in [1.54, 1.807) is 23.8 Å². The lowest BCUT2D eigenvalue weighted by Crippen LogP contribution is -2.26. The molecule has 0 spiro atoms. The van der Waals surface area contributed by atoms with Gasteiger partial charge in [0.15, 0.2) is 5.65 Å². The maximum Gasteiger partial charge on any atom is 0.157 e. The number of anilines is 1. The van der Waals surface area contributed by atoms with Gasteiger partial charge in [-0.25, -0.2) is 4.98 Å². The SMILES string of the molecule is COC(C)(C)Cc1nc2c(Cl)cc(Cl)cn2c1N. The molecule has 0 aliphatic carbocycles. The van der Waals surface area contributed by atoms with Crippen molar-refractivity contribution in [2.45, 2.75) is 25.9 Å². The van der Waals surface area contributed by atoms with Crippen molar-refractivity contribution in [1.29, 1.82) is 0 Å². The largest absolute Gasteiger partial charge is 0.383 e. The number of fused-ring (bicyclic) bond motifs is 1. The van der Waals surface area contributed by atoms with E-state index in [1.807, 2.05) is 13.8 Å². The van der Waals surface area contributed by atoms with Crippen molar-refractivity contribution in [3.63, 3.8) is 0 Å². The van der Waals surface area contributed by atoms with Crippen LogP contribution in [0.5, 0.6) is 0 Å². The second kappa shape index (κ2) is 4.61. The molecular formula is C12H15Cl2N3O. The van der Waals surface area contributed by atoms with Crippen LogP contribution in [-0.4, -0.2) is 22.1 Å². The number of hydrogen-bond acceptors (Lipinski definition) is 3. The van der Waals surface area contributed by atoms with Gasteiger partial charge >= 0.3 is 0 Å². The molecular weight excluding hydrogens is 273 g/mol. The van der Waals surface area contributed by atoms with Gasteiger partial charge in [-0.2, -0.15) is 0 Å². The van der Waals surface area contributed by atoms with E-state index in [0.717, 1.165) is 5.69 Å². The first-order valence-electron chi connectivity index (χ1n) is 5.50. The third kappa shape index (κ3) is 2.41. The minimum absolute atomic E-state index is 0.331. The molecule has 4 nitrogen and oxygen atoms in total. The number of imidazole rings is 1. The summed E-state index contributed by atoms with van der Waals surface area (Å²) in [7, 11) is 1.66. The zero-order chi connectivity index (χ0) is 13.5. The molecule has 0 saturated heterocycles. The standard InChI is InChI=1S/C12H15Cl2N3O/c1-12(2,18-3)5-9-10(15)17-6-7(13)4-8(14)11(17)16-9/h4,6H,5,15H2,1-3H3. The summed E-state index contributed by atoms with van der Waals surface area (Å²) in [4.78, 5) is 4.45. The molecule has 98 valence electrons. The monoisotopic (exact) mass is 287 g/mol. The van der Waals surface area contributed by atoms with Crippen LogP contribution >= 0.6 is 23.2 Å². The van der Waals surface area contributed by atoms with Crippen LogP contribution in [0.25, 0.3) is 5.65 Å². The maximum absolute atomic E-state index is 6.10. The van der Waals surface area contributed by atoms with Gasteiger partial charge in [-0.15, -0.1) is 0 Å². The molecule has 2 heterocycles. The number of halogens is 2. The summed E-state index contributed by atoms with van der Waals surface area (Å²) in [6.45, 7) is 3.95. The van der Waals surface area contributed by atoms with Crippen LogP contribution in [0.15, 0.2) is 12.3 Å². The second-order valence-electron chi connectivity index (χ2n) is 4.78. The van der Waals surface area contributed by atoms with Crippen molar-refractivity contribution in [1.82, 2.24) is 9.38 Å². The Kier molecular flexibility index (Phi) is 3.45. The van der Waals surface area contributed by atoms with Crippen molar-refractivity contribution in [3.8, 4) is 0 Å². The Morgan fingerprint density at radius 1 is 1.44 bits per heavy atom. The molecule has 0 radical (unpaired) electrons. The van der Waals surface area contributed by atoms with Gasteiger partial charge in [-0.1, -0.05) is 23.2 Å². The fraction of sp³-hybridized carbons (Fsp3) is 0.417. The average molecular weight is 288 g/mol. The first kappa shape index (κ1) is 13.5. The number of nitrogen functional groups attached to an aromatic ring is 1. The van der Waals surface area contributed by atoms with Gasteiger partial charge in [0.1, 0.15) is 5.82 Å². The average Bonchev–Trinajstić information content (AvgIpc) is 2.57. The molecule has 0 aliphatic heterocycles. The summed E-state index contributed by atoms with van der Waals surface area (Å²) in [6, 6.07) is 1.65. The Labute approximate surface area is 116 Å². The zero-order valence-corrected chi connectivity index (χ0v) is 12.0. The summed E-state index contributed by atoms with van der Waals surface area (Å²) in [5, 5.41) is 1.00. The molecule has 0 atom stereocenters. The lowest BCUT2D eigenvalue weighted by molar-refractivity contribution is 0.0226. The Morgan fingerprint density at radius 3 is 2.72 bits per heavy atom. The number of rotatable bonds is 3. The Bertz CT molecular complexity index is 593. The molecule has 0 bridgehead atoms. The predicted octanol–water partition coefficient (Wildman–Crippen LogP) is 3.19. The van der Waals surface area contributed by atoms with Gasteiger partial charge in [-0.3, -0.25) is 4.40 Å². The van der Waals surface area contributed by atoms with Crippen LogP contribution in [0.1, 0.15) is 19.5 Å². The third-order valence-corrected chi connectivity index (χ3v) is 3.39. The zero-order valence-electron chi connectivity index (χ0n) is 10.5. The Hall–Kier alpha value is -0.970. The van der Waals surface area contributed by atoms with Crippen molar-refractivity contribution in [2.24, 2.45) is 0 Å². The van der Waals surface area contributed by atoms with Gasteiger partial charge in [0.25, 0.3) is 0 Å². The van der Waals surface area contributed by atoms with E-state index in [0.29, 0.717) is 27.9 Å². The van der Waals surface area contributed by atoms with E-state index in [1.165, 1.54) is 0 Å². The molecule has 2 N–H and O–H groups in total. The van der Waals surface area contributed by atoms with Crippen LogP contribution in [0.2, 0.25) is 10.0 Å². The number of nitrogens with two attached hydrogens (primary N) is 1. The number of hydrogen-bond donors (Lipinski definition) is 1. The summed E-state index contributed by atoms with van der Waals surface area (Å²) in [5.41, 5.74) is 7.10. The van der Waals surface area contributed by atoms with E-state index in [2.05, 4.69) is 4.98 Å². The fourth-order valence-corrected chi connectivity index (χ4v) is 2.26. The molecule has 2 aromatic heterocycles. The van der Waals surface area contributed by atoms with E-state index in [4.69, 9.17) is 33.7 Å². The molecule has 2 rings (SSSR count). The smallest absolute Gasteiger partial charge is 0.157 e. The van der Waals surface area contributed by atoms with Crippen LogP contribution in [0, 0.1) is 0 Å². The van der Waals surface area contributed by atoms with Crippen LogP contribution in [0.4, 0.5) is 5.82 Å². The number of methoxy groups -OCH3 is 1. The summed E-state index contributed by atoms with van der Waals surface area (Å²) in [6.07, 6.45) is 2.30. The van der Waals surface area contributed by atoms with Gasteiger partial charge in [0, 0.05) is 19.7 Å². The summed E-state index contributed by atoms with van der Waals surface area (Å²) >= 11 is 12.1. The molecule has 0 unspecified atom stereocenters. The van der Waals surface area contributed by atoms with Crippen LogP contribution in [-0.2, 0) is 11.2 Å². The van der Waals surface area contributed by atoms with Crippen LogP contribution < -0.4 is 5.73 Å². The highest BCUT2D eigenvalue weighted by Crippen LogP contribution is 2.27. The molecule has 0 aromatic carbocycles. The lowest BCUT2D eigenvalue weighted by atomic mass is 10.0. The Morgan fingerprint density at radius 2 is 2.11 bits per heavy atom. The molecule has 0 fully saturated rings. The highest BCUT2D eigenvalue weighted by Gasteiger charge is 2.22. The molecule has 0 saturated carbocycles. The van der Waals surface area contributed by atoms with Crippen molar-refractivity contribution < 1.29 is 4.74 Å². The van der Waals surface area contributed by atoms with Gasteiger partial charge in [-0.05, 0) is 19.9 Å². The minimum atomic E-state index is -0.331. The molecule has 0 amide bonds. The van der Waals surface area contributed by atoms with Crippen molar-refractivity contribution in [2.75, 3.05) is 12.8 Å². The first-order valence-corrected chi connectivity index (χ1v) is 6.26. The third-order valence-electron chi connectivity index (χ3n) is 2.90. The summed E-state index contributed by atoms with van der Waals surface area (Å²) < 4.78 is 7.08. The topological polar surface area (TPSA) is 52.5 Å². The van der Waals surface area contributed by atoms with Crippen molar-refractivity contribution >= 4 is 34.7 Å². The van der Waals surface area contributed by atoms with Gasteiger partial charge in [0.05, 0.1) is 21.3 Å². The molecule has 2 aromatic rings. The highest BCUT2D eigenvalue weighted by atomic mass is 35.5. The fourth-order valence-electron chi connectivity index (χ4n) is 1.74. The van der Waals surface area contributed by atoms with E-state index in [-0.39, 0.29) is 5.60 Å². The minimum Gasteiger partial charge on any atom is -0.383 e.